The van der Waals surface area contributed by atoms with Gasteiger partial charge in [-0.05, 0) is 89.3 Å². The Morgan fingerprint density at radius 3 is 2.52 bits per heavy atom. The molecule has 3 aromatic rings. The molecule has 2 aromatic carbocycles. The van der Waals surface area contributed by atoms with Gasteiger partial charge in [-0.3, -0.25) is 0 Å². The number of halogens is 2. The van der Waals surface area contributed by atoms with Gasteiger partial charge in [-0.25, -0.2) is 4.79 Å². The van der Waals surface area contributed by atoms with E-state index in [1.807, 2.05) is 29.7 Å². The van der Waals surface area contributed by atoms with Crippen molar-refractivity contribution in [2.45, 2.75) is 18.6 Å². The fraction of sp³-hybridized carbons (Fsp3) is 0.190. The van der Waals surface area contributed by atoms with Crippen LogP contribution in [0.1, 0.15) is 12.5 Å². The SMILES string of the molecule is CCn1c(S/C(=C\c2cc(I)c(OC)c(OC)c2)C(=O)O)nnc1-c1ccc(Cl)cc1. The number of nitrogens with zero attached hydrogens (tertiary/aromatic N) is 3. The first kappa shape index (κ1) is 23.4. The molecule has 3 rings (SSSR count). The van der Waals surface area contributed by atoms with Crippen molar-refractivity contribution in [3.05, 3.63) is 55.5 Å². The fourth-order valence-electron chi connectivity index (χ4n) is 2.87. The van der Waals surface area contributed by atoms with Crippen molar-refractivity contribution in [3.8, 4) is 22.9 Å². The Hall–Kier alpha value is -2.24. The van der Waals surface area contributed by atoms with Gasteiger partial charge in [-0.15, -0.1) is 10.2 Å². The number of aliphatic carboxylic acids is 1. The Balaban J connectivity index is 1.98. The number of methoxy groups -OCH3 is 2. The standard InChI is InChI=1S/C21H19ClIN3O4S/c1-4-26-19(13-5-7-14(22)8-6-13)24-25-21(26)31-17(20(27)28)11-12-9-15(23)18(30-3)16(10-12)29-2/h5-11H,4H2,1-3H3,(H,27,28)/b17-11-. The summed E-state index contributed by atoms with van der Waals surface area (Å²) in [6, 6.07) is 10.8. The van der Waals surface area contributed by atoms with E-state index in [1.54, 1.807) is 31.4 Å². The topological polar surface area (TPSA) is 86.5 Å². The molecule has 0 bridgehead atoms. The first-order valence-electron chi connectivity index (χ1n) is 9.11. The van der Waals surface area contributed by atoms with Crippen molar-refractivity contribution in [1.82, 2.24) is 14.8 Å². The normalized spacial score (nSPS) is 11.5. The fourth-order valence-corrected chi connectivity index (χ4v) is 4.73. The Morgan fingerprint density at radius 1 is 1.23 bits per heavy atom. The first-order valence-corrected chi connectivity index (χ1v) is 11.4. The zero-order valence-corrected chi connectivity index (χ0v) is 20.7. The number of hydrogen-bond acceptors (Lipinski definition) is 6. The van der Waals surface area contributed by atoms with E-state index in [9.17, 15) is 9.90 Å². The molecule has 7 nitrogen and oxygen atoms in total. The minimum Gasteiger partial charge on any atom is -0.493 e. The molecule has 0 spiro atoms. The second-order valence-electron chi connectivity index (χ2n) is 6.21. The molecule has 0 fully saturated rings. The molecule has 1 aromatic heterocycles. The summed E-state index contributed by atoms with van der Waals surface area (Å²) in [6.07, 6.45) is 1.58. The first-order chi connectivity index (χ1) is 14.9. The molecule has 1 N–H and O–H groups in total. The molecule has 0 amide bonds. The lowest BCUT2D eigenvalue weighted by Gasteiger charge is -2.11. The maximum atomic E-state index is 12.0. The van der Waals surface area contributed by atoms with Crippen molar-refractivity contribution < 1.29 is 19.4 Å². The van der Waals surface area contributed by atoms with Crippen LogP contribution in [0, 0.1) is 3.57 Å². The van der Waals surface area contributed by atoms with Gasteiger partial charge in [0.25, 0.3) is 0 Å². The summed E-state index contributed by atoms with van der Waals surface area (Å²) in [6.45, 7) is 2.53. The van der Waals surface area contributed by atoms with Crippen LogP contribution in [-0.4, -0.2) is 40.1 Å². The van der Waals surface area contributed by atoms with Crippen molar-refractivity contribution in [2.75, 3.05) is 14.2 Å². The van der Waals surface area contributed by atoms with Gasteiger partial charge in [0, 0.05) is 17.1 Å². The predicted molar refractivity (Wildman–Crippen MR) is 130 cm³/mol. The number of hydrogen-bond donors (Lipinski definition) is 1. The van der Waals surface area contributed by atoms with Crippen molar-refractivity contribution in [2.24, 2.45) is 0 Å². The van der Waals surface area contributed by atoms with Crippen LogP contribution in [0.3, 0.4) is 0 Å². The van der Waals surface area contributed by atoms with Crippen LogP contribution < -0.4 is 9.47 Å². The van der Waals surface area contributed by atoms with Gasteiger partial charge < -0.3 is 19.1 Å². The molecule has 31 heavy (non-hydrogen) atoms. The van der Waals surface area contributed by atoms with Gasteiger partial charge in [-0.1, -0.05) is 11.6 Å². The average Bonchev–Trinajstić information content (AvgIpc) is 3.15. The quantitative estimate of drug-likeness (QED) is 0.218. The Labute approximate surface area is 202 Å². The van der Waals surface area contributed by atoms with E-state index in [-0.39, 0.29) is 4.91 Å². The average molecular weight is 572 g/mol. The van der Waals surface area contributed by atoms with Crippen molar-refractivity contribution in [3.63, 3.8) is 0 Å². The Bertz CT molecular complexity index is 1130. The van der Waals surface area contributed by atoms with Gasteiger partial charge in [0.2, 0.25) is 0 Å². The zero-order chi connectivity index (χ0) is 22.5. The zero-order valence-electron chi connectivity index (χ0n) is 16.9. The van der Waals surface area contributed by atoms with Crippen LogP contribution in [0.25, 0.3) is 17.5 Å². The summed E-state index contributed by atoms with van der Waals surface area (Å²) < 4.78 is 13.4. The predicted octanol–water partition coefficient (Wildman–Crippen LogP) is 5.46. The third-order valence-corrected chi connectivity index (χ3v) is 6.35. The molecular formula is C21H19ClIN3O4S. The summed E-state index contributed by atoms with van der Waals surface area (Å²) in [5, 5.41) is 19.4. The van der Waals surface area contributed by atoms with E-state index in [0.717, 1.165) is 20.9 Å². The number of benzene rings is 2. The van der Waals surface area contributed by atoms with E-state index in [2.05, 4.69) is 32.8 Å². The van der Waals surface area contributed by atoms with Gasteiger partial charge in [0.15, 0.2) is 22.5 Å². The Morgan fingerprint density at radius 2 is 1.94 bits per heavy atom. The van der Waals surface area contributed by atoms with Gasteiger partial charge in [-0.2, -0.15) is 0 Å². The van der Waals surface area contributed by atoms with Crippen molar-refractivity contribution >= 4 is 58.0 Å². The number of carboxylic acid groups (broad SMARTS) is 1. The number of carbonyl (C=O) groups is 1. The maximum absolute atomic E-state index is 12.0. The number of rotatable bonds is 8. The highest BCUT2D eigenvalue weighted by molar-refractivity contribution is 14.1. The molecule has 0 aliphatic heterocycles. The molecule has 0 aliphatic rings. The van der Waals surface area contributed by atoms with E-state index in [1.165, 1.54) is 7.11 Å². The summed E-state index contributed by atoms with van der Waals surface area (Å²) >= 11 is 9.14. The van der Waals surface area contributed by atoms with E-state index in [4.69, 9.17) is 21.1 Å². The Kier molecular flexibility index (Phi) is 7.84. The number of ether oxygens (including phenoxy) is 2. The van der Waals surface area contributed by atoms with E-state index >= 15 is 0 Å². The van der Waals surface area contributed by atoms with Gasteiger partial charge in [0.05, 0.1) is 17.8 Å². The third kappa shape index (κ3) is 5.34. The van der Waals surface area contributed by atoms with Crippen LogP contribution in [0.2, 0.25) is 5.02 Å². The second-order valence-corrected chi connectivity index (χ2v) is 8.82. The summed E-state index contributed by atoms with van der Waals surface area (Å²) in [7, 11) is 3.10. The van der Waals surface area contributed by atoms with Crippen LogP contribution in [0.15, 0.2) is 46.5 Å². The van der Waals surface area contributed by atoms with E-state index in [0.29, 0.717) is 39.6 Å². The molecule has 0 atom stereocenters. The largest absolute Gasteiger partial charge is 0.493 e. The molecule has 0 aliphatic carbocycles. The number of carboxylic acids is 1. The lowest BCUT2D eigenvalue weighted by molar-refractivity contribution is -0.131. The highest BCUT2D eigenvalue weighted by atomic mass is 127. The minimum absolute atomic E-state index is 0.104. The lowest BCUT2D eigenvalue weighted by Crippen LogP contribution is -2.03. The molecule has 0 saturated heterocycles. The van der Waals surface area contributed by atoms with Crippen LogP contribution in [0.4, 0.5) is 0 Å². The lowest BCUT2D eigenvalue weighted by atomic mass is 10.2. The molecular weight excluding hydrogens is 553 g/mol. The molecule has 0 radical (unpaired) electrons. The summed E-state index contributed by atoms with van der Waals surface area (Å²) in [4.78, 5) is 12.1. The molecule has 0 saturated carbocycles. The molecule has 0 unspecified atom stereocenters. The van der Waals surface area contributed by atoms with Gasteiger partial charge in [0.1, 0.15) is 4.91 Å². The van der Waals surface area contributed by atoms with Gasteiger partial charge >= 0.3 is 5.97 Å². The minimum atomic E-state index is -1.06. The summed E-state index contributed by atoms with van der Waals surface area (Å²) in [5.74, 6) is 0.709. The highest BCUT2D eigenvalue weighted by Crippen LogP contribution is 2.36. The number of aromatic nitrogens is 3. The monoisotopic (exact) mass is 571 g/mol. The second kappa shape index (κ2) is 10.4. The maximum Gasteiger partial charge on any atom is 0.342 e. The highest BCUT2D eigenvalue weighted by Gasteiger charge is 2.19. The van der Waals surface area contributed by atoms with Crippen LogP contribution in [0.5, 0.6) is 11.5 Å². The molecule has 1 heterocycles. The molecule has 162 valence electrons. The molecule has 10 heteroatoms. The summed E-state index contributed by atoms with van der Waals surface area (Å²) in [5.41, 5.74) is 1.52. The van der Waals surface area contributed by atoms with Crippen LogP contribution in [-0.2, 0) is 11.3 Å². The number of thioether (sulfide) groups is 1. The van der Waals surface area contributed by atoms with Crippen LogP contribution >= 0.6 is 46.0 Å². The smallest absolute Gasteiger partial charge is 0.342 e. The third-order valence-electron chi connectivity index (χ3n) is 4.30. The van der Waals surface area contributed by atoms with Crippen molar-refractivity contribution in [1.29, 1.82) is 0 Å². The van der Waals surface area contributed by atoms with E-state index < -0.39 is 5.97 Å².